The van der Waals surface area contributed by atoms with E-state index in [9.17, 15) is 31.2 Å². The maximum atomic E-state index is 13.7. The standard InChI is InChI=1S/C19H19F3N2O4S/c1-3-10-24(29(27,28)14-6-4-13(5-7-14)12(2)25)11-17(26)23-16-9-8-15(20)18(21)19(16)22/h4-9H,3,10-11H2,1-2H3,(H,23,26). The van der Waals surface area contributed by atoms with Crippen LogP contribution < -0.4 is 5.32 Å². The lowest BCUT2D eigenvalue weighted by Crippen LogP contribution is -2.38. The summed E-state index contributed by atoms with van der Waals surface area (Å²) in [5.74, 6) is -5.89. The molecule has 29 heavy (non-hydrogen) atoms. The first-order valence-electron chi connectivity index (χ1n) is 8.62. The highest BCUT2D eigenvalue weighted by molar-refractivity contribution is 7.89. The van der Waals surface area contributed by atoms with Gasteiger partial charge < -0.3 is 5.32 Å². The lowest BCUT2D eigenvalue weighted by atomic mass is 10.2. The second-order valence-electron chi connectivity index (χ2n) is 6.19. The van der Waals surface area contributed by atoms with Gasteiger partial charge in [-0.05, 0) is 37.6 Å². The Morgan fingerprint density at radius 1 is 1.00 bits per heavy atom. The van der Waals surface area contributed by atoms with Crippen molar-refractivity contribution in [1.29, 1.82) is 0 Å². The zero-order valence-electron chi connectivity index (χ0n) is 15.7. The molecule has 0 radical (unpaired) electrons. The quantitative estimate of drug-likeness (QED) is 0.516. The molecule has 6 nitrogen and oxygen atoms in total. The smallest absolute Gasteiger partial charge is 0.243 e. The van der Waals surface area contributed by atoms with Crippen molar-refractivity contribution >= 4 is 27.4 Å². The minimum Gasteiger partial charge on any atom is -0.322 e. The lowest BCUT2D eigenvalue weighted by Gasteiger charge is -2.21. The van der Waals surface area contributed by atoms with Gasteiger partial charge in [0.1, 0.15) is 0 Å². The summed E-state index contributed by atoms with van der Waals surface area (Å²) in [6, 6.07) is 6.70. The molecule has 2 aromatic carbocycles. The first kappa shape index (κ1) is 22.6. The highest BCUT2D eigenvalue weighted by atomic mass is 32.2. The number of anilines is 1. The highest BCUT2D eigenvalue weighted by Gasteiger charge is 2.27. The molecule has 1 N–H and O–H groups in total. The van der Waals surface area contributed by atoms with Crippen molar-refractivity contribution in [2.45, 2.75) is 25.2 Å². The molecule has 0 aliphatic carbocycles. The fraction of sp³-hybridized carbons (Fsp3) is 0.263. The summed E-state index contributed by atoms with van der Waals surface area (Å²) in [6.45, 7) is 2.37. The maximum Gasteiger partial charge on any atom is 0.243 e. The van der Waals surface area contributed by atoms with Gasteiger partial charge in [0, 0.05) is 12.1 Å². The number of halogens is 3. The minimum atomic E-state index is -4.08. The third kappa shape index (κ3) is 5.21. The molecule has 0 aromatic heterocycles. The first-order chi connectivity index (χ1) is 13.6. The predicted octanol–water partition coefficient (Wildman–Crippen LogP) is 3.35. The summed E-state index contributed by atoms with van der Waals surface area (Å²) in [5, 5.41) is 2.04. The van der Waals surface area contributed by atoms with Crippen LogP contribution in [0.15, 0.2) is 41.3 Å². The van der Waals surface area contributed by atoms with Gasteiger partial charge in [-0.3, -0.25) is 9.59 Å². The van der Waals surface area contributed by atoms with Crippen LogP contribution in [0.2, 0.25) is 0 Å². The molecule has 1 amide bonds. The Labute approximate surface area is 166 Å². The molecule has 0 unspecified atom stereocenters. The van der Waals surface area contributed by atoms with Crippen LogP contribution in [-0.2, 0) is 14.8 Å². The zero-order chi connectivity index (χ0) is 21.8. The van der Waals surface area contributed by atoms with E-state index >= 15 is 0 Å². The second kappa shape index (κ2) is 9.19. The topological polar surface area (TPSA) is 83.6 Å². The van der Waals surface area contributed by atoms with E-state index in [4.69, 9.17) is 0 Å². The normalized spacial score (nSPS) is 11.5. The van der Waals surface area contributed by atoms with Crippen LogP contribution in [-0.4, -0.2) is 37.5 Å². The molecule has 156 valence electrons. The molecule has 0 aliphatic rings. The molecule has 0 saturated heterocycles. The van der Waals surface area contributed by atoms with E-state index in [0.717, 1.165) is 10.4 Å². The number of sulfonamides is 1. The van der Waals surface area contributed by atoms with Crippen LogP contribution in [0, 0.1) is 17.5 Å². The summed E-state index contributed by atoms with van der Waals surface area (Å²) >= 11 is 0. The monoisotopic (exact) mass is 428 g/mol. The van der Waals surface area contributed by atoms with E-state index in [2.05, 4.69) is 0 Å². The van der Waals surface area contributed by atoms with Crippen molar-refractivity contribution < 1.29 is 31.2 Å². The second-order valence-corrected chi connectivity index (χ2v) is 8.13. The minimum absolute atomic E-state index is 0.00945. The molecule has 0 fully saturated rings. The van der Waals surface area contributed by atoms with Gasteiger partial charge in [0.05, 0.1) is 17.1 Å². The molecule has 2 rings (SSSR count). The lowest BCUT2D eigenvalue weighted by molar-refractivity contribution is -0.116. The van der Waals surface area contributed by atoms with Crippen LogP contribution in [0.3, 0.4) is 0 Å². The van der Waals surface area contributed by atoms with Crippen LogP contribution in [0.4, 0.5) is 18.9 Å². The molecular weight excluding hydrogens is 409 g/mol. The summed E-state index contributed by atoms with van der Waals surface area (Å²) in [5.41, 5.74) is -0.272. The van der Waals surface area contributed by atoms with Gasteiger partial charge in [0.2, 0.25) is 15.9 Å². The van der Waals surface area contributed by atoms with E-state index in [1.165, 1.54) is 31.2 Å². The van der Waals surface area contributed by atoms with Crippen LogP contribution in [0.5, 0.6) is 0 Å². The van der Waals surface area contributed by atoms with Gasteiger partial charge >= 0.3 is 0 Å². The third-order valence-corrected chi connectivity index (χ3v) is 5.86. The average molecular weight is 428 g/mol. The molecule has 0 heterocycles. The summed E-state index contributed by atoms with van der Waals surface area (Å²) < 4.78 is 66.6. The number of benzene rings is 2. The Hall–Kier alpha value is -2.72. The van der Waals surface area contributed by atoms with Gasteiger partial charge in [-0.25, -0.2) is 21.6 Å². The Morgan fingerprint density at radius 2 is 1.62 bits per heavy atom. The molecule has 0 aliphatic heterocycles. The number of amides is 1. The summed E-state index contributed by atoms with van der Waals surface area (Å²) in [7, 11) is -4.08. The SMILES string of the molecule is CCCN(CC(=O)Nc1ccc(F)c(F)c1F)S(=O)(=O)c1ccc(C(C)=O)cc1. The fourth-order valence-corrected chi connectivity index (χ4v) is 4.00. The Kier molecular flexibility index (Phi) is 7.15. The zero-order valence-corrected chi connectivity index (χ0v) is 16.5. The number of hydrogen-bond donors (Lipinski definition) is 1. The van der Waals surface area contributed by atoms with Gasteiger partial charge in [0.25, 0.3) is 0 Å². The molecule has 2 aromatic rings. The molecule has 10 heteroatoms. The van der Waals surface area contributed by atoms with E-state index in [1.54, 1.807) is 6.92 Å². The summed E-state index contributed by atoms with van der Waals surface area (Å²) in [6.07, 6.45) is 0.386. The van der Waals surface area contributed by atoms with E-state index in [-0.39, 0.29) is 17.2 Å². The van der Waals surface area contributed by atoms with Crippen molar-refractivity contribution in [3.05, 3.63) is 59.4 Å². The fourth-order valence-electron chi connectivity index (χ4n) is 2.52. The largest absolute Gasteiger partial charge is 0.322 e. The number of Topliss-reactive ketones (excluding diaryl/α,β-unsaturated/α-hetero) is 1. The molecule has 0 bridgehead atoms. The maximum absolute atomic E-state index is 13.7. The van der Waals surface area contributed by atoms with Crippen molar-refractivity contribution in [1.82, 2.24) is 4.31 Å². The third-order valence-electron chi connectivity index (χ3n) is 4.00. The molecule has 0 saturated carbocycles. The Morgan fingerprint density at radius 3 is 2.17 bits per heavy atom. The number of nitrogens with zero attached hydrogens (tertiary/aromatic N) is 1. The van der Waals surface area contributed by atoms with Crippen LogP contribution in [0.1, 0.15) is 30.6 Å². The van der Waals surface area contributed by atoms with Gasteiger partial charge in [-0.15, -0.1) is 0 Å². The number of hydrogen-bond acceptors (Lipinski definition) is 4. The number of carbonyl (C=O) groups excluding carboxylic acids is 2. The highest BCUT2D eigenvalue weighted by Crippen LogP contribution is 2.21. The van der Waals surface area contributed by atoms with E-state index in [1.807, 2.05) is 5.32 Å². The average Bonchev–Trinajstić information content (AvgIpc) is 2.68. The van der Waals surface area contributed by atoms with E-state index in [0.29, 0.717) is 18.1 Å². The van der Waals surface area contributed by atoms with Crippen molar-refractivity contribution in [3.8, 4) is 0 Å². The molecule has 0 spiro atoms. The van der Waals surface area contributed by atoms with E-state index < -0.39 is 45.6 Å². The van der Waals surface area contributed by atoms with Crippen LogP contribution in [0.25, 0.3) is 0 Å². The van der Waals surface area contributed by atoms with Crippen molar-refractivity contribution in [2.75, 3.05) is 18.4 Å². The predicted molar refractivity (Wildman–Crippen MR) is 100 cm³/mol. The Balaban J connectivity index is 2.23. The van der Waals surface area contributed by atoms with Gasteiger partial charge in [0.15, 0.2) is 23.2 Å². The number of carbonyl (C=O) groups is 2. The van der Waals surface area contributed by atoms with Crippen molar-refractivity contribution in [3.63, 3.8) is 0 Å². The first-order valence-corrected chi connectivity index (χ1v) is 10.1. The molecule has 0 atom stereocenters. The van der Waals surface area contributed by atoms with Gasteiger partial charge in [-0.1, -0.05) is 19.1 Å². The number of ketones is 1. The number of nitrogens with one attached hydrogen (secondary N) is 1. The van der Waals surface area contributed by atoms with Gasteiger partial charge in [-0.2, -0.15) is 4.31 Å². The number of rotatable bonds is 8. The molecular formula is C19H19F3N2O4S. The van der Waals surface area contributed by atoms with Crippen LogP contribution >= 0.6 is 0 Å². The Bertz CT molecular complexity index is 1020. The van der Waals surface area contributed by atoms with Crippen molar-refractivity contribution in [2.24, 2.45) is 0 Å². The summed E-state index contributed by atoms with van der Waals surface area (Å²) in [4.78, 5) is 23.4.